The molecule has 3 N–H and O–H groups in total. The fourth-order valence-corrected chi connectivity index (χ4v) is 2.31. The van der Waals surface area contributed by atoms with Crippen molar-refractivity contribution in [1.82, 2.24) is 10.6 Å². The zero-order valence-electron chi connectivity index (χ0n) is 8.18. The molecule has 1 heterocycles. The maximum absolute atomic E-state index is 9.36. The highest BCUT2D eigenvalue weighted by molar-refractivity contribution is 4.90. The van der Waals surface area contributed by atoms with E-state index in [0.717, 1.165) is 19.6 Å². The molecule has 76 valence electrons. The van der Waals surface area contributed by atoms with Gasteiger partial charge in [0.15, 0.2) is 0 Å². The molecule has 0 spiro atoms. The highest BCUT2D eigenvalue weighted by Crippen LogP contribution is 2.36. The van der Waals surface area contributed by atoms with Crippen molar-refractivity contribution >= 4 is 0 Å². The lowest BCUT2D eigenvalue weighted by atomic mass is 9.87. The lowest BCUT2D eigenvalue weighted by Crippen LogP contribution is -2.57. The highest BCUT2D eigenvalue weighted by atomic mass is 16.3. The highest BCUT2D eigenvalue weighted by Gasteiger charge is 2.33. The van der Waals surface area contributed by atoms with Crippen LogP contribution < -0.4 is 10.6 Å². The lowest BCUT2D eigenvalue weighted by Gasteiger charge is -2.34. The molecule has 0 aromatic rings. The third kappa shape index (κ3) is 2.03. The molecule has 3 nitrogen and oxygen atoms in total. The number of aliphatic hydroxyl groups is 1. The van der Waals surface area contributed by atoms with Crippen molar-refractivity contribution in [2.75, 3.05) is 26.2 Å². The summed E-state index contributed by atoms with van der Waals surface area (Å²) in [6, 6.07) is 0.657. The maximum Gasteiger partial charge on any atom is 0.0499 e. The van der Waals surface area contributed by atoms with Crippen molar-refractivity contribution in [1.29, 1.82) is 0 Å². The molecule has 0 aromatic heterocycles. The predicted molar refractivity (Wildman–Crippen MR) is 52.6 cm³/mol. The molecule has 0 aromatic carbocycles. The van der Waals surface area contributed by atoms with Crippen molar-refractivity contribution in [3.05, 3.63) is 0 Å². The van der Waals surface area contributed by atoms with Crippen LogP contribution in [0, 0.1) is 5.41 Å². The van der Waals surface area contributed by atoms with Crippen molar-refractivity contribution in [2.24, 2.45) is 5.41 Å². The third-order valence-electron chi connectivity index (χ3n) is 3.55. The molecule has 0 radical (unpaired) electrons. The van der Waals surface area contributed by atoms with Gasteiger partial charge in [0.2, 0.25) is 0 Å². The number of aliphatic hydroxyl groups excluding tert-OH is 1. The second kappa shape index (κ2) is 3.95. The summed E-state index contributed by atoms with van der Waals surface area (Å²) in [5.41, 5.74) is 0.218. The van der Waals surface area contributed by atoms with Crippen LogP contribution in [-0.4, -0.2) is 37.4 Å². The van der Waals surface area contributed by atoms with Gasteiger partial charge in [-0.3, -0.25) is 0 Å². The quantitative estimate of drug-likeness (QED) is 0.580. The van der Waals surface area contributed by atoms with Crippen LogP contribution in [0.5, 0.6) is 0 Å². The Bertz CT molecular complexity index is 162. The zero-order valence-corrected chi connectivity index (χ0v) is 8.18. The van der Waals surface area contributed by atoms with Gasteiger partial charge >= 0.3 is 0 Å². The molecule has 0 atom stereocenters. The van der Waals surface area contributed by atoms with E-state index in [0.29, 0.717) is 12.6 Å². The average molecular weight is 184 g/mol. The van der Waals surface area contributed by atoms with Gasteiger partial charge in [0, 0.05) is 37.7 Å². The first kappa shape index (κ1) is 9.44. The minimum absolute atomic E-state index is 0.218. The lowest BCUT2D eigenvalue weighted by molar-refractivity contribution is 0.121. The van der Waals surface area contributed by atoms with E-state index in [-0.39, 0.29) is 5.41 Å². The zero-order chi connectivity index (χ0) is 9.15. The van der Waals surface area contributed by atoms with Gasteiger partial charge in [-0.1, -0.05) is 12.8 Å². The number of hydrogen-bond donors (Lipinski definition) is 3. The molecule has 13 heavy (non-hydrogen) atoms. The molecular weight excluding hydrogens is 164 g/mol. The summed E-state index contributed by atoms with van der Waals surface area (Å²) in [6.45, 7) is 3.57. The van der Waals surface area contributed by atoms with Gasteiger partial charge in [-0.05, 0) is 12.8 Å². The second-order valence-electron chi connectivity index (χ2n) is 4.60. The number of nitrogens with one attached hydrogen (secondary N) is 2. The first-order valence-electron chi connectivity index (χ1n) is 5.40. The van der Waals surface area contributed by atoms with Gasteiger partial charge in [-0.15, -0.1) is 0 Å². The van der Waals surface area contributed by atoms with E-state index in [1.807, 2.05) is 0 Å². The van der Waals surface area contributed by atoms with Gasteiger partial charge in [0.25, 0.3) is 0 Å². The van der Waals surface area contributed by atoms with Crippen molar-refractivity contribution in [2.45, 2.75) is 31.7 Å². The predicted octanol–water partition coefficient (Wildman–Crippen LogP) is 0.100. The minimum Gasteiger partial charge on any atom is -0.396 e. The summed E-state index contributed by atoms with van der Waals surface area (Å²) < 4.78 is 0. The van der Waals surface area contributed by atoms with Crippen LogP contribution >= 0.6 is 0 Å². The van der Waals surface area contributed by atoms with E-state index in [4.69, 9.17) is 0 Å². The van der Waals surface area contributed by atoms with Gasteiger partial charge in [-0.2, -0.15) is 0 Å². The average Bonchev–Trinajstić information content (AvgIpc) is 2.51. The van der Waals surface area contributed by atoms with E-state index in [1.54, 1.807) is 0 Å². The second-order valence-corrected chi connectivity index (χ2v) is 4.60. The van der Waals surface area contributed by atoms with Crippen molar-refractivity contribution < 1.29 is 5.11 Å². The monoisotopic (exact) mass is 184 g/mol. The smallest absolute Gasteiger partial charge is 0.0499 e. The molecule has 1 aliphatic heterocycles. The Morgan fingerprint density at radius 2 is 2.00 bits per heavy atom. The summed E-state index contributed by atoms with van der Waals surface area (Å²) in [4.78, 5) is 0. The van der Waals surface area contributed by atoms with Crippen molar-refractivity contribution in [3.63, 3.8) is 0 Å². The maximum atomic E-state index is 9.36. The fourth-order valence-electron chi connectivity index (χ4n) is 2.31. The SMILES string of the molecule is OCC1(CNC2CNC2)CCCC1. The summed E-state index contributed by atoms with van der Waals surface area (Å²) in [5, 5.41) is 16.1. The van der Waals surface area contributed by atoms with Crippen LogP contribution in [-0.2, 0) is 0 Å². The standard InChI is InChI=1S/C10H20N2O/c13-8-10(3-1-2-4-10)7-12-9-5-11-6-9/h9,11-13H,1-8H2. The van der Waals surface area contributed by atoms with Crippen LogP contribution in [0.3, 0.4) is 0 Å². The van der Waals surface area contributed by atoms with E-state index < -0.39 is 0 Å². The van der Waals surface area contributed by atoms with Gasteiger partial charge in [-0.25, -0.2) is 0 Å². The van der Waals surface area contributed by atoms with Crippen LogP contribution in [0.1, 0.15) is 25.7 Å². The molecule has 0 unspecified atom stereocenters. The van der Waals surface area contributed by atoms with Gasteiger partial charge in [0.05, 0.1) is 0 Å². The molecule has 3 heteroatoms. The fraction of sp³-hybridized carbons (Fsp3) is 1.00. The molecular formula is C10H20N2O. The number of rotatable bonds is 4. The van der Waals surface area contributed by atoms with Gasteiger partial charge < -0.3 is 15.7 Å². The van der Waals surface area contributed by atoms with Crippen LogP contribution in [0.25, 0.3) is 0 Å². The Balaban J connectivity index is 1.75. The van der Waals surface area contributed by atoms with Crippen LogP contribution in [0.4, 0.5) is 0 Å². The Morgan fingerprint density at radius 1 is 1.31 bits per heavy atom. The molecule has 0 amide bonds. The Labute approximate surface area is 79.9 Å². The summed E-state index contributed by atoms with van der Waals surface area (Å²) in [5.74, 6) is 0. The molecule has 2 fully saturated rings. The topological polar surface area (TPSA) is 44.3 Å². The van der Waals surface area contributed by atoms with E-state index in [1.165, 1.54) is 25.7 Å². The molecule has 0 bridgehead atoms. The molecule has 1 aliphatic carbocycles. The van der Waals surface area contributed by atoms with E-state index in [9.17, 15) is 5.11 Å². The van der Waals surface area contributed by atoms with E-state index in [2.05, 4.69) is 10.6 Å². The number of hydrogen-bond acceptors (Lipinski definition) is 3. The summed E-state index contributed by atoms with van der Waals surface area (Å²) >= 11 is 0. The van der Waals surface area contributed by atoms with E-state index >= 15 is 0 Å². The molecule has 2 rings (SSSR count). The molecule has 1 saturated heterocycles. The Hall–Kier alpha value is -0.120. The largest absolute Gasteiger partial charge is 0.396 e. The normalized spacial score (nSPS) is 27.5. The third-order valence-corrected chi connectivity index (χ3v) is 3.55. The van der Waals surface area contributed by atoms with Crippen LogP contribution in [0.15, 0.2) is 0 Å². The first-order valence-corrected chi connectivity index (χ1v) is 5.40. The summed E-state index contributed by atoms with van der Waals surface area (Å²) in [7, 11) is 0. The Morgan fingerprint density at radius 3 is 2.46 bits per heavy atom. The van der Waals surface area contributed by atoms with Gasteiger partial charge in [0.1, 0.15) is 0 Å². The summed E-state index contributed by atoms with van der Waals surface area (Å²) in [6.07, 6.45) is 5.00. The minimum atomic E-state index is 0.218. The van der Waals surface area contributed by atoms with Crippen LogP contribution in [0.2, 0.25) is 0 Å². The van der Waals surface area contributed by atoms with Crippen molar-refractivity contribution in [3.8, 4) is 0 Å². The molecule has 2 aliphatic rings. The Kier molecular flexibility index (Phi) is 2.86. The molecule has 1 saturated carbocycles. The first-order chi connectivity index (χ1) is 6.35.